The van der Waals surface area contributed by atoms with Crippen molar-refractivity contribution in [2.75, 3.05) is 6.54 Å². The molecule has 0 aliphatic carbocycles. The number of nitrogens with zero attached hydrogens (tertiary/aromatic N) is 3. The molecule has 0 unspecified atom stereocenters. The first-order valence-electron chi connectivity index (χ1n) is 11.2. The molecule has 174 valence electrons. The number of Topliss-reactive ketones (excluding diaryl/α,β-unsaturated/α-hetero) is 1. The van der Waals surface area contributed by atoms with Crippen LogP contribution in [0.25, 0.3) is 5.76 Å². The highest BCUT2D eigenvalue weighted by atomic mass is 79.9. The number of likely N-dealkylation sites (tertiary alicyclic amines) is 1. The van der Waals surface area contributed by atoms with Gasteiger partial charge < -0.3 is 19.3 Å². The second kappa shape index (κ2) is 9.10. The topological polar surface area (TPSA) is 84.7 Å². The van der Waals surface area contributed by atoms with E-state index < -0.39 is 17.7 Å². The van der Waals surface area contributed by atoms with Crippen LogP contribution in [0.5, 0.6) is 5.75 Å². The first-order chi connectivity index (χ1) is 16.4. The molecule has 1 amide bonds. The normalized spacial score (nSPS) is 21.1. The van der Waals surface area contributed by atoms with Crippen molar-refractivity contribution in [3.8, 4) is 5.75 Å². The number of imidazole rings is 1. The van der Waals surface area contributed by atoms with Crippen LogP contribution < -0.4 is 4.74 Å². The molecule has 2 aromatic carbocycles. The molecule has 7 nitrogen and oxygen atoms in total. The van der Waals surface area contributed by atoms with Crippen LogP contribution in [0.4, 0.5) is 0 Å². The summed E-state index contributed by atoms with van der Waals surface area (Å²) in [5.41, 5.74) is 2.35. The number of amides is 1. The SMILES string of the molecule is C[C@H]1Cc2cc(/C(O)=C3\C(=O)C(=O)N(CCCn4ccnc4)[C@@H]3c3cccc(Br)c3)ccc2O1. The van der Waals surface area contributed by atoms with Crippen LogP contribution in [0.15, 0.2) is 71.2 Å². The van der Waals surface area contributed by atoms with Crippen molar-refractivity contribution in [1.29, 1.82) is 0 Å². The van der Waals surface area contributed by atoms with E-state index in [0.29, 0.717) is 25.1 Å². The molecule has 1 aromatic heterocycles. The molecule has 1 fully saturated rings. The van der Waals surface area contributed by atoms with Gasteiger partial charge in [0.2, 0.25) is 0 Å². The van der Waals surface area contributed by atoms with Gasteiger partial charge in [0.25, 0.3) is 11.7 Å². The fourth-order valence-electron chi connectivity index (χ4n) is 4.70. The van der Waals surface area contributed by atoms with Gasteiger partial charge in [0, 0.05) is 41.9 Å². The number of ketones is 1. The molecule has 5 rings (SSSR count). The molecular weight excluding hydrogens is 498 g/mol. The molecule has 0 saturated carbocycles. The quantitative estimate of drug-likeness (QED) is 0.293. The fraction of sp³-hybridized carbons (Fsp3) is 0.269. The van der Waals surface area contributed by atoms with Gasteiger partial charge in [-0.25, -0.2) is 4.98 Å². The molecule has 0 spiro atoms. The second-order valence-corrected chi connectivity index (χ2v) is 9.57. The van der Waals surface area contributed by atoms with E-state index in [9.17, 15) is 14.7 Å². The smallest absolute Gasteiger partial charge is 0.295 e. The van der Waals surface area contributed by atoms with Crippen molar-refractivity contribution in [2.45, 2.75) is 38.5 Å². The molecule has 2 aliphatic heterocycles. The number of carbonyl (C=O) groups excluding carboxylic acids is 2. The largest absolute Gasteiger partial charge is 0.507 e. The Kier molecular flexibility index (Phi) is 6.00. The van der Waals surface area contributed by atoms with Gasteiger partial charge in [-0.3, -0.25) is 9.59 Å². The molecular formula is C26H24BrN3O4. The van der Waals surface area contributed by atoms with Crippen molar-refractivity contribution in [1.82, 2.24) is 14.5 Å². The number of rotatable bonds is 6. The number of benzene rings is 2. The number of aromatic nitrogens is 2. The van der Waals surface area contributed by atoms with Gasteiger partial charge in [-0.1, -0.05) is 28.1 Å². The lowest BCUT2D eigenvalue weighted by Crippen LogP contribution is -2.31. The zero-order valence-electron chi connectivity index (χ0n) is 18.6. The van der Waals surface area contributed by atoms with E-state index in [1.807, 2.05) is 54.1 Å². The van der Waals surface area contributed by atoms with Gasteiger partial charge in [0.15, 0.2) is 0 Å². The Labute approximate surface area is 205 Å². The predicted octanol–water partition coefficient (Wildman–Crippen LogP) is 4.48. The lowest BCUT2D eigenvalue weighted by Gasteiger charge is -2.25. The summed E-state index contributed by atoms with van der Waals surface area (Å²) in [6.45, 7) is 3.02. The predicted molar refractivity (Wildman–Crippen MR) is 130 cm³/mol. The van der Waals surface area contributed by atoms with E-state index >= 15 is 0 Å². The monoisotopic (exact) mass is 521 g/mol. The zero-order chi connectivity index (χ0) is 23.8. The highest BCUT2D eigenvalue weighted by Gasteiger charge is 2.45. The summed E-state index contributed by atoms with van der Waals surface area (Å²) in [5.74, 6) is -0.652. The fourth-order valence-corrected chi connectivity index (χ4v) is 5.12. The Balaban J connectivity index is 1.53. The van der Waals surface area contributed by atoms with Gasteiger partial charge >= 0.3 is 0 Å². The number of hydrogen-bond donors (Lipinski definition) is 1. The summed E-state index contributed by atoms with van der Waals surface area (Å²) in [5, 5.41) is 11.3. The number of halogens is 1. The Morgan fingerprint density at radius 3 is 2.82 bits per heavy atom. The summed E-state index contributed by atoms with van der Waals surface area (Å²) in [6, 6.07) is 12.2. The molecule has 0 radical (unpaired) electrons. The van der Waals surface area contributed by atoms with E-state index in [1.54, 1.807) is 23.5 Å². The average Bonchev–Trinajstić information content (AvgIpc) is 3.52. The summed E-state index contributed by atoms with van der Waals surface area (Å²) in [7, 11) is 0. The lowest BCUT2D eigenvalue weighted by atomic mass is 9.94. The van der Waals surface area contributed by atoms with E-state index in [0.717, 1.165) is 27.8 Å². The number of carbonyl (C=O) groups is 2. The number of hydrogen-bond acceptors (Lipinski definition) is 5. The van der Waals surface area contributed by atoms with Crippen LogP contribution in [-0.2, 0) is 22.6 Å². The van der Waals surface area contributed by atoms with Crippen molar-refractivity contribution in [3.05, 3.63) is 87.9 Å². The Morgan fingerprint density at radius 2 is 2.06 bits per heavy atom. The van der Waals surface area contributed by atoms with Gasteiger partial charge in [0.05, 0.1) is 17.9 Å². The molecule has 2 atom stereocenters. The summed E-state index contributed by atoms with van der Waals surface area (Å²) in [6.07, 6.45) is 6.72. The molecule has 1 N–H and O–H groups in total. The van der Waals surface area contributed by atoms with Crippen LogP contribution in [0.2, 0.25) is 0 Å². The lowest BCUT2D eigenvalue weighted by molar-refractivity contribution is -0.139. The molecule has 34 heavy (non-hydrogen) atoms. The van der Waals surface area contributed by atoms with Gasteiger partial charge in [-0.05, 0) is 54.8 Å². The van der Waals surface area contributed by atoms with Crippen molar-refractivity contribution < 1.29 is 19.4 Å². The van der Waals surface area contributed by atoms with Gasteiger partial charge in [-0.15, -0.1) is 0 Å². The van der Waals surface area contributed by atoms with Crippen LogP contribution in [0, 0.1) is 0 Å². The molecule has 2 aliphatic rings. The minimum atomic E-state index is -0.677. The summed E-state index contributed by atoms with van der Waals surface area (Å²) >= 11 is 3.49. The minimum Gasteiger partial charge on any atom is -0.507 e. The van der Waals surface area contributed by atoms with E-state index in [1.165, 1.54) is 0 Å². The van der Waals surface area contributed by atoms with Crippen molar-refractivity contribution in [3.63, 3.8) is 0 Å². The molecule has 3 heterocycles. The molecule has 3 aromatic rings. The van der Waals surface area contributed by atoms with Crippen molar-refractivity contribution >= 4 is 33.4 Å². The average molecular weight is 522 g/mol. The maximum absolute atomic E-state index is 13.2. The first kappa shape index (κ1) is 22.4. The number of aryl methyl sites for hydroxylation is 1. The highest BCUT2D eigenvalue weighted by molar-refractivity contribution is 9.10. The number of aliphatic hydroxyl groups excluding tert-OH is 1. The van der Waals surface area contributed by atoms with E-state index in [-0.39, 0.29) is 17.4 Å². The summed E-state index contributed by atoms with van der Waals surface area (Å²) in [4.78, 5) is 31.9. The van der Waals surface area contributed by atoms with Crippen molar-refractivity contribution in [2.24, 2.45) is 0 Å². The van der Waals surface area contributed by atoms with Crippen LogP contribution in [0.1, 0.15) is 36.1 Å². The summed E-state index contributed by atoms with van der Waals surface area (Å²) < 4.78 is 8.52. The standard InChI is InChI=1S/C26H24BrN3O4/c1-16-12-19-13-18(6-7-21(19)34-16)24(31)22-23(17-4-2-5-20(27)14-17)30(26(33)25(22)32)10-3-9-29-11-8-28-15-29/h2,4-8,11,13-16,23,31H,3,9-10,12H2,1H3/b24-22+/t16-,23+/m0/s1. The third kappa shape index (κ3) is 4.14. The van der Waals surface area contributed by atoms with Crippen LogP contribution >= 0.6 is 15.9 Å². The van der Waals surface area contributed by atoms with Gasteiger partial charge in [-0.2, -0.15) is 0 Å². The Morgan fingerprint density at radius 1 is 1.21 bits per heavy atom. The van der Waals surface area contributed by atoms with Gasteiger partial charge in [0.1, 0.15) is 17.6 Å². The number of aliphatic hydroxyl groups is 1. The zero-order valence-corrected chi connectivity index (χ0v) is 20.2. The Bertz CT molecular complexity index is 1280. The second-order valence-electron chi connectivity index (χ2n) is 8.66. The maximum atomic E-state index is 13.2. The number of ether oxygens (including phenoxy) is 1. The molecule has 8 heteroatoms. The van der Waals surface area contributed by atoms with Crippen LogP contribution in [-0.4, -0.2) is 43.9 Å². The van der Waals surface area contributed by atoms with E-state index in [2.05, 4.69) is 20.9 Å². The molecule has 1 saturated heterocycles. The minimum absolute atomic E-state index is 0.0649. The third-order valence-corrected chi connectivity index (χ3v) is 6.74. The number of fused-ring (bicyclic) bond motifs is 1. The maximum Gasteiger partial charge on any atom is 0.295 e. The van der Waals surface area contributed by atoms with E-state index in [4.69, 9.17) is 4.74 Å². The molecule has 0 bridgehead atoms. The third-order valence-electron chi connectivity index (χ3n) is 6.25. The highest BCUT2D eigenvalue weighted by Crippen LogP contribution is 2.41. The van der Waals surface area contributed by atoms with Crippen LogP contribution in [0.3, 0.4) is 0 Å². The Hall–Kier alpha value is -3.39. The first-order valence-corrected chi connectivity index (χ1v) is 12.0.